The molecule has 0 saturated carbocycles. The smallest absolute Gasteiger partial charge is 0.358 e. The molecule has 0 rings (SSSR count). The van der Waals surface area contributed by atoms with Gasteiger partial charge in [-0.2, -0.15) is 0 Å². The van der Waals surface area contributed by atoms with E-state index in [9.17, 15) is 0 Å². The zero-order valence-corrected chi connectivity index (χ0v) is 9.27. The van der Waals surface area contributed by atoms with Crippen molar-refractivity contribution in [3.05, 3.63) is 14.9 Å². The average Bonchev–Trinajstić information content (AvgIpc) is 1.41. The summed E-state index contributed by atoms with van der Waals surface area (Å²) in [6.45, 7) is 6.81. The second-order valence-electron chi connectivity index (χ2n) is 1.50. The van der Waals surface area contributed by atoms with Crippen molar-refractivity contribution in [2.75, 3.05) is 20.0 Å². The van der Waals surface area contributed by atoms with Crippen molar-refractivity contribution in [1.29, 1.82) is 0 Å². The summed E-state index contributed by atoms with van der Waals surface area (Å²) in [4.78, 5) is 3.25. The molecule has 0 aromatic carbocycles. The van der Waals surface area contributed by atoms with Crippen molar-refractivity contribution in [3.63, 3.8) is 0 Å². The molecule has 0 atom stereocenters. The zero-order chi connectivity index (χ0) is 5.58. The minimum Gasteiger partial charge on any atom is -0.358 e. The Labute approximate surface area is 67.7 Å². The molecule has 8 heavy (non-hydrogen) atoms. The van der Waals surface area contributed by atoms with Crippen LogP contribution in [0.4, 0.5) is 0 Å². The van der Waals surface area contributed by atoms with E-state index < -0.39 is 0 Å². The molecule has 0 bridgehead atoms. The maximum Gasteiger partial charge on any atom is -0.358 e. The van der Waals surface area contributed by atoms with Gasteiger partial charge in [-0.25, -0.2) is 0 Å². The van der Waals surface area contributed by atoms with Crippen LogP contribution in [-0.4, -0.2) is 24.8 Å². The van der Waals surface area contributed by atoms with Crippen molar-refractivity contribution in [2.45, 2.75) is 0 Å². The van der Waals surface area contributed by atoms with Crippen molar-refractivity contribution in [2.24, 2.45) is 0 Å². The van der Waals surface area contributed by atoms with Gasteiger partial charge < -0.3 is 14.9 Å². The monoisotopic (exact) mass is 169 g/mol. The van der Waals surface area contributed by atoms with E-state index in [-0.39, 0.29) is 22.8 Å². The quantitative estimate of drug-likeness (QED) is 0.295. The van der Waals surface area contributed by atoms with Gasteiger partial charge in [0.1, 0.15) is 0 Å². The largest absolute Gasteiger partial charge is 0.358 e. The second-order valence-corrected chi connectivity index (χ2v) is 4.50. The first-order valence-electron chi connectivity index (χ1n) is 1.85. The van der Waals surface area contributed by atoms with Crippen molar-refractivity contribution in [3.8, 4) is 0 Å². The Bertz CT molecular complexity index is 19.7. The molecule has 0 spiro atoms. The van der Waals surface area contributed by atoms with Crippen LogP contribution in [0, 0.1) is 14.9 Å². The molecule has 0 radical (unpaired) electrons. The van der Waals surface area contributed by atoms with Crippen LogP contribution in [0.2, 0.25) is 0 Å². The Morgan fingerprint density at radius 2 is 1.00 bits per heavy atom. The van der Waals surface area contributed by atoms with E-state index in [1.807, 2.05) is 0 Å². The first-order valence-corrected chi connectivity index (χ1v) is 5.96. The molecule has 0 N–H and O–H groups in total. The molecule has 0 fully saturated rings. The molecule has 0 aliphatic carbocycles. The Morgan fingerprint density at radius 1 is 1.00 bits per heavy atom. The van der Waals surface area contributed by atoms with E-state index in [4.69, 9.17) is 0 Å². The molecule has 0 aromatic rings. The van der Waals surface area contributed by atoms with Crippen LogP contribution in [0.25, 0.3) is 0 Å². The van der Waals surface area contributed by atoms with Gasteiger partial charge in [-0.1, -0.05) is 0 Å². The topological polar surface area (TPSA) is 0 Å². The van der Waals surface area contributed by atoms with Crippen LogP contribution in [0.15, 0.2) is 0 Å². The molecule has 50 valence electrons. The van der Waals surface area contributed by atoms with Gasteiger partial charge in [-0.15, -0.1) is 0 Å². The van der Waals surface area contributed by atoms with Crippen LogP contribution < -0.4 is 0 Å². The summed E-state index contributed by atoms with van der Waals surface area (Å²) in [6.07, 6.45) is 0. The molecule has 0 aliphatic rings. The van der Waals surface area contributed by atoms with Crippen LogP contribution >= 0.6 is 7.92 Å². The van der Waals surface area contributed by atoms with E-state index in [1.54, 1.807) is 20.0 Å². The van der Waals surface area contributed by atoms with Crippen molar-refractivity contribution < 1.29 is 20.0 Å². The molecule has 0 nitrogen and oxygen atoms in total. The predicted molar refractivity (Wildman–Crippen MR) is 46.0 cm³/mol. The van der Waals surface area contributed by atoms with E-state index in [2.05, 4.69) is 24.8 Å². The normalized spacial score (nSPS) is 5.25. The molecule has 0 aromatic heterocycles. The summed E-state index contributed by atoms with van der Waals surface area (Å²) in [6, 6.07) is 0. The van der Waals surface area contributed by atoms with Gasteiger partial charge in [0.05, 0.1) is 0 Å². The molecule has 0 heterocycles. The maximum absolute atomic E-state index is 3.25. The van der Waals surface area contributed by atoms with Gasteiger partial charge in [0.2, 0.25) is 0 Å². The Kier molecular flexibility index (Phi) is 70.4. The molecular formula is C6H18PTi+. The van der Waals surface area contributed by atoms with Gasteiger partial charge in [0, 0.05) is 20.0 Å². The molecule has 0 aliphatic heterocycles. The summed E-state index contributed by atoms with van der Waals surface area (Å²) in [5.41, 5.74) is 0. The van der Waals surface area contributed by atoms with Gasteiger partial charge >= 0.3 is 24.8 Å². The van der Waals surface area contributed by atoms with Crippen LogP contribution in [0.1, 0.15) is 0 Å². The van der Waals surface area contributed by atoms with Gasteiger partial charge in [-0.05, 0) is 7.92 Å². The predicted octanol–water partition coefficient (Wildman–Crippen LogP) is 1.96. The Morgan fingerprint density at radius 3 is 1.00 bits per heavy atom. The van der Waals surface area contributed by atoms with Crippen molar-refractivity contribution >= 4 is 12.7 Å². The number of rotatable bonds is 0. The number of hydrogen-bond acceptors (Lipinski definition) is 0. The standard InChI is InChI=1S/C3H9P.2CH3.CH2.Ti/c1-4(2)3;;;;/h1-3H3;2*1H3;1H2;/q;2*-1;;+2/p+1. The van der Waals surface area contributed by atoms with Gasteiger partial charge in [-0.3, -0.25) is 0 Å². The third kappa shape index (κ3) is 247. The van der Waals surface area contributed by atoms with E-state index >= 15 is 0 Å². The Hall–Kier alpha value is 1.01. The minimum absolute atomic E-state index is 0. The molecular weight excluding hydrogens is 151 g/mol. The van der Waals surface area contributed by atoms with Crippen LogP contribution in [-0.2, 0) is 20.0 Å². The van der Waals surface area contributed by atoms with Gasteiger partial charge in [0.25, 0.3) is 0 Å². The second kappa shape index (κ2) is 24.5. The fourth-order valence-electron chi connectivity index (χ4n) is 0. The maximum atomic E-state index is 3.25. The van der Waals surface area contributed by atoms with E-state index in [0.29, 0.717) is 0 Å². The molecule has 0 saturated heterocycles. The van der Waals surface area contributed by atoms with Crippen LogP contribution in [0.3, 0.4) is 0 Å². The first kappa shape index (κ1) is 23.0. The number of hydrogen-bond donors (Lipinski definition) is 0. The minimum atomic E-state index is 0. The third-order valence-corrected chi connectivity index (χ3v) is 0. The van der Waals surface area contributed by atoms with E-state index in [0.717, 1.165) is 0 Å². The van der Waals surface area contributed by atoms with Crippen molar-refractivity contribution in [1.82, 2.24) is 0 Å². The SMILES string of the molecule is C[PH+](C)C.[CH2]=[Ti+2].[CH3-].[CH3-]. The third-order valence-electron chi connectivity index (χ3n) is 0. The molecule has 0 amide bonds. The Balaban J connectivity index is -0.0000000183. The van der Waals surface area contributed by atoms with E-state index in [1.165, 1.54) is 0 Å². The summed E-state index contributed by atoms with van der Waals surface area (Å²) < 4.78 is 0. The van der Waals surface area contributed by atoms with Crippen LogP contribution in [0.5, 0.6) is 0 Å². The zero-order valence-electron chi connectivity index (χ0n) is 6.71. The average molecular weight is 169 g/mol. The molecule has 2 heteroatoms. The first-order chi connectivity index (χ1) is 2.73. The summed E-state index contributed by atoms with van der Waals surface area (Å²) in [5.74, 6) is 0. The van der Waals surface area contributed by atoms with Gasteiger partial charge in [0.15, 0.2) is 0 Å². The fraction of sp³-hybridized carbons (Fsp3) is 0.500. The summed E-state index contributed by atoms with van der Waals surface area (Å²) in [5, 5.41) is 0. The summed E-state index contributed by atoms with van der Waals surface area (Å²) in [7, 11) is 0.120. The molecule has 0 unspecified atom stereocenters. The summed E-state index contributed by atoms with van der Waals surface area (Å²) >= 11 is 1.75. The fourth-order valence-corrected chi connectivity index (χ4v) is 0.